The molecule has 1 aromatic heterocycles. The molecule has 1 N–H and O–H groups in total. The van der Waals surface area contributed by atoms with Crippen molar-refractivity contribution in [3.05, 3.63) is 70.7 Å². The lowest BCUT2D eigenvalue weighted by molar-refractivity contribution is 0.102. The van der Waals surface area contributed by atoms with E-state index < -0.39 is 0 Å². The van der Waals surface area contributed by atoms with Crippen molar-refractivity contribution in [3.63, 3.8) is 0 Å². The molecule has 5 nitrogen and oxygen atoms in total. The molecule has 3 aromatic rings. The lowest BCUT2D eigenvalue weighted by Gasteiger charge is -2.08. The molecule has 0 unspecified atom stereocenters. The van der Waals surface area contributed by atoms with E-state index in [1.54, 1.807) is 61.2 Å². The highest BCUT2D eigenvalue weighted by molar-refractivity contribution is 7.07. The van der Waals surface area contributed by atoms with Crippen molar-refractivity contribution in [1.82, 2.24) is 4.98 Å². The van der Waals surface area contributed by atoms with E-state index in [-0.39, 0.29) is 5.91 Å². The van der Waals surface area contributed by atoms with Crippen LogP contribution in [-0.2, 0) is 6.61 Å². The van der Waals surface area contributed by atoms with Gasteiger partial charge < -0.3 is 14.8 Å². The zero-order valence-electron chi connectivity index (χ0n) is 13.1. The minimum absolute atomic E-state index is 0.175. The number of hydrogen-bond donors (Lipinski definition) is 1. The van der Waals surface area contributed by atoms with Gasteiger partial charge in [0, 0.05) is 16.6 Å². The second-order valence-electron chi connectivity index (χ2n) is 4.98. The van der Waals surface area contributed by atoms with Crippen molar-refractivity contribution in [2.45, 2.75) is 6.61 Å². The summed E-state index contributed by atoms with van der Waals surface area (Å²) >= 11 is 1.53. The average Bonchev–Trinajstić information content (AvgIpc) is 3.14. The predicted octanol–water partition coefficient (Wildman–Crippen LogP) is 3.98. The number of ether oxygens (including phenoxy) is 2. The van der Waals surface area contributed by atoms with Crippen LogP contribution >= 0.6 is 11.3 Å². The molecule has 0 spiro atoms. The van der Waals surface area contributed by atoms with Gasteiger partial charge in [0.25, 0.3) is 5.91 Å². The summed E-state index contributed by atoms with van der Waals surface area (Å²) in [5.41, 5.74) is 3.93. The van der Waals surface area contributed by atoms with Gasteiger partial charge in [0.15, 0.2) is 0 Å². The lowest BCUT2D eigenvalue weighted by atomic mass is 10.2. The molecule has 6 heteroatoms. The molecule has 24 heavy (non-hydrogen) atoms. The smallest absolute Gasteiger partial charge is 0.255 e. The first kappa shape index (κ1) is 16.0. The molecule has 0 atom stereocenters. The van der Waals surface area contributed by atoms with Gasteiger partial charge >= 0.3 is 0 Å². The quantitative estimate of drug-likeness (QED) is 0.737. The summed E-state index contributed by atoms with van der Waals surface area (Å²) < 4.78 is 10.7. The number of nitrogens with one attached hydrogen (secondary N) is 1. The van der Waals surface area contributed by atoms with Gasteiger partial charge in [-0.15, -0.1) is 11.3 Å². The van der Waals surface area contributed by atoms with Crippen molar-refractivity contribution in [3.8, 4) is 11.5 Å². The minimum atomic E-state index is -0.175. The third-order valence-corrected chi connectivity index (χ3v) is 3.97. The maximum atomic E-state index is 12.2. The monoisotopic (exact) mass is 340 g/mol. The summed E-state index contributed by atoms with van der Waals surface area (Å²) in [6.45, 7) is 0.418. The summed E-state index contributed by atoms with van der Waals surface area (Å²) in [6, 6.07) is 14.2. The number of rotatable bonds is 6. The number of carbonyl (C=O) groups is 1. The molecule has 1 heterocycles. The van der Waals surface area contributed by atoms with E-state index >= 15 is 0 Å². The number of hydrogen-bond acceptors (Lipinski definition) is 5. The first-order valence-electron chi connectivity index (χ1n) is 7.30. The molecule has 0 saturated carbocycles. The minimum Gasteiger partial charge on any atom is -0.497 e. The van der Waals surface area contributed by atoms with Gasteiger partial charge in [-0.2, -0.15) is 0 Å². The van der Waals surface area contributed by atoms with Crippen LogP contribution < -0.4 is 14.8 Å². The molecule has 3 rings (SSSR count). The van der Waals surface area contributed by atoms with Gasteiger partial charge in [0.2, 0.25) is 0 Å². The zero-order chi connectivity index (χ0) is 16.8. The molecule has 2 aromatic carbocycles. The fourth-order valence-corrected chi connectivity index (χ4v) is 2.59. The largest absolute Gasteiger partial charge is 0.497 e. The van der Waals surface area contributed by atoms with Crippen LogP contribution in [-0.4, -0.2) is 18.0 Å². The zero-order valence-corrected chi connectivity index (χ0v) is 13.9. The molecular weight excluding hydrogens is 324 g/mol. The Balaban J connectivity index is 1.58. The van der Waals surface area contributed by atoms with Crippen LogP contribution in [0.25, 0.3) is 0 Å². The summed E-state index contributed by atoms with van der Waals surface area (Å²) in [5.74, 6) is 1.27. The van der Waals surface area contributed by atoms with E-state index in [4.69, 9.17) is 9.47 Å². The standard InChI is InChI=1S/C18H16N2O3S/c1-22-16-8-4-14(5-9-16)20-18(21)13-2-6-17(7-3-13)23-10-15-11-24-12-19-15/h2-9,11-12H,10H2,1H3,(H,20,21). The topological polar surface area (TPSA) is 60.5 Å². The number of carbonyl (C=O) groups excluding carboxylic acids is 1. The summed E-state index contributed by atoms with van der Waals surface area (Å²) in [7, 11) is 1.60. The number of amides is 1. The second kappa shape index (κ2) is 7.61. The maximum Gasteiger partial charge on any atom is 0.255 e. The first-order valence-corrected chi connectivity index (χ1v) is 8.24. The van der Waals surface area contributed by atoms with Crippen LogP contribution in [0.15, 0.2) is 59.4 Å². The lowest BCUT2D eigenvalue weighted by Crippen LogP contribution is -2.11. The van der Waals surface area contributed by atoms with Crippen molar-refractivity contribution in [2.75, 3.05) is 12.4 Å². The van der Waals surface area contributed by atoms with Crippen molar-refractivity contribution < 1.29 is 14.3 Å². The highest BCUT2D eigenvalue weighted by Crippen LogP contribution is 2.18. The Morgan fingerprint density at radius 2 is 1.79 bits per heavy atom. The molecule has 0 aliphatic carbocycles. The molecule has 0 aliphatic rings. The number of benzene rings is 2. The van der Waals surface area contributed by atoms with Gasteiger partial charge in [0.05, 0.1) is 18.3 Å². The van der Waals surface area contributed by atoms with Crippen LogP contribution in [0.4, 0.5) is 5.69 Å². The SMILES string of the molecule is COc1ccc(NC(=O)c2ccc(OCc3cscn3)cc2)cc1. The van der Waals surface area contributed by atoms with Crippen LogP contribution in [0.3, 0.4) is 0 Å². The normalized spacial score (nSPS) is 10.2. The Hall–Kier alpha value is -2.86. The Kier molecular flexibility index (Phi) is 5.08. The van der Waals surface area contributed by atoms with Crippen LogP contribution in [0.5, 0.6) is 11.5 Å². The maximum absolute atomic E-state index is 12.2. The van der Waals surface area contributed by atoms with Gasteiger partial charge in [-0.05, 0) is 48.5 Å². The predicted molar refractivity (Wildman–Crippen MR) is 93.8 cm³/mol. The molecule has 0 bridgehead atoms. The van der Waals surface area contributed by atoms with Gasteiger partial charge in [0.1, 0.15) is 18.1 Å². The summed E-state index contributed by atoms with van der Waals surface area (Å²) in [5, 5.41) is 4.78. The van der Waals surface area contributed by atoms with Crippen molar-refractivity contribution in [2.24, 2.45) is 0 Å². The summed E-state index contributed by atoms with van der Waals surface area (Å²) in [4.78, 5) is 16.4. The third-order valence-electron chi connectivity index (χ3n) is 3.33. The van der Waals surface area contributed by atoms with E-state index in [2.05, 4.69) is 10.3 Å². The Labute approximate surface area is 143 Å². The number of nitrogens with zero attached hydrogens (tertiary/aromatic N) is 1. The third kappa shape index (κ3) is 4.11. The van der Waals surface area contributed by atoms with Crippen LogP contribution in [0, 0.1) is 0 Å². The van der Waals surface area contributed by atoms with E-state index in [0.717, 1.165) is 11.4 Å². The molecule has 0 fully saturated rings. The van der Waals surface area contributed by atoms with Gasteiger partial charge in [-0.1, -0.05) is 0 Å². The fraction of sp³-hybridized carbons (Fsp3) is 0.111. The highest BCUT2D eigenvalue weighted by Gasteiger charge is 2.07. The number of methoxy groups -OCH3 is 1. The van der Waals surface area contributed by atoms with E-state index in [0.29, 0.717) is 23.6 Å². The average molecular weight is 340 g/mol. The molecule has 0 saturated heterocycles. The van der Waals surface area contributed by atoms with E-state index in [9.17, 15) is 4.79 Å². The number of anilines is 1. The Bertz CT molecular complexity index is 784. The number of aromatic nitrogens is 1. The van der Waals surface area contributed by atoms with Crippen molar-refractivity contribution in [1.29, 1.82) is 0 Å². The summed E-state index contributed by atoms with van der Waals surface area (Å²) in [6.07, 6.45) is 0. The van der Waals surface area contributed by atoms with E-state index in [1.807, 2.05) is 5.38 Å². The highest BCUT2D eigenvalue weighted by atomic mass is 32.1. The van der Waals surface area contributed by atoms with Gasteiger partial charge in [-0.3, -0.25) is 4.79 Å². The van der Waals surface area contributed by atoms with Crippen LogP contribution in [0.1, 0.15) is 16.1 Å². The molecule has 0 radical (unpaired) electrons. The molecule has 122 valence electrons. The van der Waals surface area contributed by atoms with Gasteiger partial charge in [-0.25, -0.2) is 4.98 Å². The first-order chi connectivity index (χ1) is 11.7. The fourth-order valence-electron chi connectivity index (χ4n) is 2.05. The molecule has 0 aliphatic heterocycles. The Morgan fingerprint density at radius 1 is 1.08 bits per heavy atom. The van der Waals surface area contributed by atoms with E-state index in [1.165, 1.54) is 11.3 Å². The molecule has 1 amide bonds. The van der Waals surface area contributed by atoms with Crippen molar-refractivity contribution >= 4 is 22.9 Å². The Morgan fingerprint density at radius 3 is 2.42 bits per heavy atom. The molecular formula is C18H16N2O3S. The second-order valence-corrected chi connectivity index (χ2v) is 5.69. The number of thiazole rings is 1. The van der Waals surface area contributed by atoms with Crippen LogP contribution in [0.2, 0.25) is 0 Å².